The summed E-state index contributed by atoms with van der Waals surface area (Å²) in [4.78, 5) is 14.0. The average molecular weight is 301 g/mol. The van der Waals surface area contributed by atoms with Crippen LogP contribution in [0.2, 0.25) is 0 Å². The van der Waals surface area contributed by atoms with Gasteiger partial charge in [0.2, 0.25) is 0 Å². The molecule has 0 fully saturated rings. The summed E-state index contributed by atoms with van der Waals surface area (Å²) in [6.07, 6.45) is 4.80. The zero-order chi connectivity index (χ0) is 16.5. The van der Waals surface area contributed by atoms with E-state index >= 15 is 0 Å². The number of aryl methyl sites for hydroxylation is 1. The average Bonchev–Trinajstić information content (AvgIpc) is 2.41. The molecular weight excluding hydrogens is 274 g/mol. The maximum absolute atomic E-state index is 11.9. The maximum atomic E-state index is 11.9. The molecule has 0 bridgehead atoms. The van der Waals surface area contributed by atoms with Gasteiger partial charge in [-0.1, -0.05) is 37.5 Å². The molecule has 0 radical (unpaired) electrons. The highest BCUT2D eigenvalue weighted by atomic mass is 16.4. The Hall–Kier alpha value is -1.77. The molecule has 0 aliphatic carbocycles. The number of anilines is 1. The molecule has 1 aromatic rings. The zero-order valence-electron chi connectivity index (χ0n) is 14.3. The summed E-state index contributed by atoms with van der Waals surface area (Å²) in [6, 6.07) is 5.81. The lowest BCUT2D eigenvalue weighted by Crippen LogP contribution is -2.54. The molecule has 3 nitrogen and oxygen atoms in total. The second-order valence-electron chi connectivity index (χ2n) is 6.87. The van der Waals surface area contributed by atoms with Gasteiger partial charge in [-0.25, -0.2) is 4.79 Å². The summed E-state index contributed by atoms with van der Waals surface area (Å²) in [5.41, 5.74) is 4.32. The van der Waals surface area contributed by atoms with E-state index < -0.39 is 12.0 Å². The van der Waals surface area contributed by atoms with Gasteiger partial charge in [0.1, 0.15) is 6.04 Å². The predicted octanol–water partition coefficient (Wildman–Crippen LogP) is 4.64. The van der Waals surface area contributed by atoms with Crippen molar-refractivity contribution >= 4 is 17.2 Å². The van der Waals surface area contributed by atoms with E-state index in [-0.39, 0.29) is 5.54 Å². The van der Waals surface area contributed by atoms with E-state index in [2.05, 4.69) is 63.8 Å². The first-order valence-electron chi connectivity index (χ1n) is 8.10. The van der Waals surface area contributed by atoms with Crippen LogP contribution in [-0.4, -0.2) is 22.7 Å². The molecule has 0 unspecified atom stereocenters. The highest BCUT2D eigenvalue weighted by Gasteiger charge is 2.38. The number of hydrogen-bond acceptors (Lipinski definition) is 2. The summed E-state index contributed by atoms with van der Waals surface area (Å²) in [7, 11) is 0. The molecule has 0 saturated carbocycles. The van der Waals surface area contributed by atoms with Crippen LogP contribution >= 0.6 is 0 Å². The molecule has 0 amide bonds. The van der Waals surface area contributed by atoms with Crippen LogP contribution in [0.5, 0.6) is 0 Å². The second-order valence-corrected chi connectivity index (χ2v) is 6.87. The minimum atomic E-state index is -0.735. The van der Waals surface area contributed by atoms with E-state index in [1.165, 1.54) is 11.1 Å². The molecule has 2 rings (SSSR count). The number of nitrogens with zero attached hydrogens (tertiary/aromatic N) is 1. The van der Waals surface area contributed by atoms with Crippen molar-refractivity contribution in [2.75, 3.05) is 4.90 Å². The Morgan fingerprint density at radius 3 is 2.59 bits per heavy atom. The molecule has 1 heterocycles. The Morgan fingerprint density at radius 2 is 2.00 bits per heavy atom. The monoisotopic (exact) mass is 301 g/mol. The number of fused-ring (bicyclic) bond motifs is 1. The van der Waals surface area contributed by atoms with Crippen LogP contribution in [0.25, 0.3) is 5.57 Å². The van der Waals surface area contributed by atoms with E-state index in [1.807, 2.05) is 0 Å². The molecule has 1 aliphatic rings. The van der Waals surface area contributed by atoms with E-state index in [0.717, 1.165) is 24.1 Å². The van der Waals surface area contributed by atoms with Crippen LogP contribution in [0, 0.1) is 6.92 Å². The third kappa shape index (κ3) is 3.03. The number of allylic oxidation sites excluding steroid dienone is 1. The first-order chi connectivity index (χ1) is 10.3. The van der Waals surface area contributed by atoms with Gasteiger partial charge in [-0.3, -0.25) is 0 Å². The SMILES string of the molecule is CCCC[C@H](C(=O)O)N1c2ccc(C)cc2C(C)=CC1(C)C. The molecular formula is C19H27NO2. The van der Waals surface area contributed by atoms with Gasteiger partial charge in [0.15, 0.2) is 0 Å². The molecule has 1 N–H and O–H groups in total. The lowest BCUT2D eigenvalue weighted by atomic mass is 9.86. The number of hydrogen-bond donors (Lipinski definition) is 1. The van der Waals surface area contributed by atoms with Crippen LogP contribution < -0.4 is 4.90 Å². The number of benzene rings is 1. The van der Waals surface area contributed by atoms with Crippen molar-refractivity contribution < 1.29 is 9.90 Å². The molecule has 1 atom stereocenters. The van der Waals surface area contributed by atoms with Crippen molar-refractivity contribution in [3.05, 3.63) is 35.4 Å². The van der Waals surface area contributed by atoms with Crippen molar-refractivity contribution in [1.82, 2.24) is 0 Å². The lowest BCUT2D eigenvalue weighted by molar-refractivity contribution is -0.139. The Kier molecular flexibility index (Phi) is 4.64. The summed E-state index contributed by atoms with van der Waals surface area (Å²) in [6.45, 7) is 10.5. The van der Waals surface area contributed by atoms with Gasteiger partial charge >= 0.3 is 5.97 Å². The van der Waals surface area contributed by atoms with Gasteiger partial charge in [0.25, 0.3) is 0 Å². The normalized spacial score (nSPS) is 17.7. The van der Waals surface area contributed by atoms with Gasteiger partial charge in [0, 0.05) is 11.3 Å². The van der Waals surface area contributed by atoms with Gasteiger partial charge in [-0.05, 0) is 51.8 Å². The molecule has 1 aromatic carbocycles. The number of rotatable bonds is 5. The highest BCUT2D eigenvalue weighted by molar-refractivity contribution is 5.87. The fourth-order valence-corrected chi connectivity index (χ4v) is 3.49. The topological polar surface area (TPSA) is 40.5 Å². The van der Waals surface area contributed by atoms with Crippen molar-refractivity contribution in [1.29, 1.82) is 0 Å². The van der Waals surface area contributed by atoms with Crippen molar-refractivity contribution in [3.63, 3.8) is 0 Å². The second kappa shape index (κ2) is 6.15. The first-order valence-corrected chi connectivity index (χ1v) is 8.10. The largest absolute Gasteiger partial charge is 0.480 e. The fraction of sp³-hybridized carbons (Fsp3) is 0.526. The van der Waals surface area contributed by atoms with Crippen molar-refractivity contribution in [2.24, 2.45) is 0 Å². The number of carboxylic acids is 1. The summed E-state index contributed by atoms with van der Waals surface area (Å²) >= 11 is 0. The van der Waals surface area contributed by atoms with Crippen LogP contribution in [-0.2, 0) is 4.79 Å². The van der Waals surface area contributed by atoms with E-state index in [1.54, 1.807) is 0 Å². The number of carboxylic acid groups (broad SMARTS) is 1. The minimum absolute atomic E-state index is 0.302. The summed E-state index contributed by atoms with van der Waals surface area (Å²) in [5.74, 6) is -0.735. The Labute approximate surface area is 133 Å². The molecule has 120 valence electrons. The predicted molar refractivity (Wildman–Crippen MR) is 92.3 cm³/mol. The Morgan fingerprint density at radius 1 is 1.32 bits per heavy atom. The lowest BCUT2D eigenvalue weighted by Gasteiger charge is -2.46. The molecule has 22 heavy (non-hydrogen) atoms. The fourth-order valence-electron chi connectivity index (χ4n) is 3.49. The van der Waals surface area contributed by atoms with Gasteiger partial charge in [0.05, 0.1) is 5.54 Å². The minimum Gasteiger partial charge on any atom is -0.480 e. The van der Waals surface area contributed by atoms with E-state index in [9.17, 15) is 9.90 Å². The Bertz CT molecular complexity index is 601. The molecule has 0 aromatic heterocycles. The van der Waals surface area contributed by atoms with Crippen molar-refractivity contribution in [3.8, 4) is 0 Å². The Balaban J connectivity index is 2.55. The van der Waals surface area contributed by atoms with Crippen LogP contribution in [0.3, 0.4) is 0 Å². The molecule has 0 saturated heterocycles. The van der Waals surface area contributed by atoms with E-state index in [0.29, 0.717) is 6.42 Å². The maximum Gasteiger partial charge on any atom is 0.326 e. The smallest absolute Gasteiger partial charge is 0.326 e. The summed E-state index contributed by atoms with van der Waals surface area (Å²) < 4.78 is 0. The number of unbranched alkanes of at least 4 members (excludes halogenated alkanes) is 1. The summed E-state index contributed by atoms with van der Waals surface area (Å²) in [5, 5.41) is 9.77. The number of carbonyl (C=O) groups is 1. The van der Waals surface area contributed by atoms with Crippen LogP contribution in [0.1, 0.15) is 58.1 Å². The first kappa shape index (κ1) is 16.6. The number of aliphatic carboxylic acids is 1. The zero-order valence-corrected chi connectivity index (χ0v) is 14.3. The molecule has 3 heteroatoms. The van der Waals surface area contributed by atoms with Crippen molar-refractivity contribution in [2.45, 2.75) is 65.5 Å². The third-order valence-electron chi connectivity index (χ3n) is 4.45. The standard InChI is InChI=1S/C19H27NO2/c1-6-7-8-17(18(21)22)20-16-10-9-13(2)11-15(16)14(3)12-19(20,4)5/h9-12,17H,6-8H2,1-5H3,(H,21,22)/t17-/m1/s1. The van der Waals surface area contributed by atoms with Crippen LogP contribution in [0.4, 0.5) is 5.69 Å². The van der Waals surface area contributed by atoms with Gasteiger partial charge < -0.3 is 10.0 Å². The quantitative estimate of drug-likeness (QED) is 0.861. The van der Waals surface area contributed by atoms with Crippen LogP contribution in [0.15, 0.2) is 24.3 Å². The van der Waals surface area contributed by atoms with Gasteiger partial charge in [-0.15, -0.1) is 0 Å². The molecule has 0 spiro atoms. The highest BCUT2D eigenvalue weighted by Crippen LogP contribution is 2.41. The third-order valence-corrected chi connectivity index (χ3v) is 4.45. The van der Waals surface area contributed by atoms with Gasteiger partial charge in [-0.2, -0.15) is 0 Å². The van der Waals surface area contributed by atoms with E-state index in [4.69, 9.17) is 0 Å². The molecule has 1 aliphatic heterocycles.